The number of nitrogens with zero attached hydrogens (tertiary/aromatic N) is 1. The van der Waals surface area contributed by atoms with Gasteiger partial charge in [0.25, 0.3) is 5.91 Å². The third-order valence-corrected chi connectivity index (χ3v) is 4.02. The molecule has 2 N–H and O–H groups in total. The first kappa shape index (κ1) is 13.9. The highest BCUT2D eigenvalue weighted by Gasteiger charge is 2.14. The van der Waals surface area contributed by atoms with Gasteiger partial charge in [0.1, 0.15) is 5.75 Å². The number of phenolic OH excluding ortho intramolecular Hbond substituents is 1. The summed E-state index contributed by atoms with van der Waals surface area (Å²) < 4.78 is 0. The Labute approximate surface area is 124 Å². The minimum absolute atomic E-state index is 0.0346. The van der Waals surface area contributed by atoms with Crippen molar-refractivity contribution in [1.82, 2.24) is 10.2 Å². The number of carbonyl (C=O) groups is 1. The predicted molar refractivity (Wildman–Crippen MR) is 83.6 cm³/mol. The summed E-state index contributed by atoms with van der Waals surface area (Å²) in [6, 6.07) is 11.1. The molecular formula is C17H20N2O2. The number of nitrogens with one attached hydrogen (secondary N) is 1. The van der Waals surface area contributed by atoms with Crippen LogP contribution >= 0.6 is 0 Å². The molecule has 2 aromatic carbocycles. The molecule has 0 radical (unpaired) electrons. The Morgan fingerprint density at radius 1 is 1.14 bits per heavy atom. The van der Waals surface area contributed by atoms with Crippen molar-refractivity contribution in [2.24, 2.45) is 0 Å². The smallest absolute Gasteiger partial charge is 0.255 e. The summed E-state index contributed by atoms with van der Waals surface area (Å²) >= 11 is 0. The van der Waals surface area contributed by atoms with E-state index in [9.17, 15) is 9.90 Å². The summed E-state index contributed by atoms with van der Waals surface area (Å²) in [7, 11) is 0. The Morgan fingerprint density at radius 3 is 2.52 bits per heavy atom. The highest BCUT2D eigenvalue weighted by Crippen LogP contribution is 2.24. The first-order valence-corrected chi connectivity index (χ1v) is 7.46. The number of rotatable bonds is 4. The quantitative estimate of drug-likeness (QED) is 0.906. The molecule has 3 rings (SSSR count). The number of likely N-dealkylation sites (tertiary alicyclic amines) is 1. The van der Waals surface area contributed by atoms with Crippen LogP contribution in [0.5, 0.6) is 5.75 Å². The molecule has 1 heterocycles. The number of carbonyl (C=O) groups excluding carboxylic acids is 1. The highest BCUT2D eigenvalue weighted by atomic mass is 16.3. The molecular weight excluding hydrogens is 264 g/mol. The van der Waals surface area contributed by atoms with Gasteiger partial charge in [-0.05, 0) is 48.8 Å². The van der Waals surface area contributed by atoms with Gasteiger partial charge in [-0.1, -0.05) is 24.3 Å². The molecule has 0 atom stereocenters. The van der Waals surface area contributed by atoms with E-state index < -0.39 is 0 Å². The largest absolute Gasteiger partial charge is 0.507 e. The van der Waals surface area contributed by atoms with Gasteiger partial charge in [0.05, 0.1) is 5.56 Å². The molecule has 1 aliphatic rings. The molecule has 4 nitrogen and oxygen atoms in total. The topological polar surface area (TPSA) is 52.6 Å². The lowest BCUT2D eigenvalue weighted by Crippen LogP contribution is -2.33. The minimum Gasteiger partial charge on any atom is -0.507 e. The Morgan fingerprint density at radius 2 is 1.81 bits per heavy atom. The van der Waals surface area contributed by atoms with Gasteiger partial charge in [0, 0.05) is 13.1 Å². The number of fused-ring (bicyclic) bond motifs is 1. The van der Waals surface area contributed by atoms with Gasteiger partial charge < -0.3 is 15.3 Å². The van der Waals surface area contributed by atoms with Gasteiger partial charge in [0.2, 0.25) is 0 Å². The monoisotopic (exact) mass is 284 g/mol. The van der Waals surface area contributed by atoms with Crippen molar-refractivity contribution in [3.8, 4) is 5.75 Å². The average molecular weight is 284 g/mol. The summed E-state index contributed by atoms with van der Waals surface area (Å²) in [4.78, 5) is 14.5. The van der Waals surface area contributed by atoms with E-state index in [4.69, 9.17) is 0 Å². The Hall–Kier alpha value is -2.07. The summed E-state index contributed by atoms with van der Waals surface area (Å²) in [6.07, 6.45) is 2.50. The second kappa shape index (κ2) is 6.14. The van der Waals surface area contributed by atoms with Gasteiger partial charge in [-0.2, -0.15) is 0 Å². The zero-order chi connectivity index (χ0) is 14.7. The van der Waals surface area contributed by atoms with Gasteiger partial charge in [0.15, 0.2) is 0 Å². The van der Waals surface area contributed by atoms with Crippen molar-refractivity contribution in [3.63, 3.8) is 0 Å². The molecule has 0 unspecified atom stereocenters. The number of benzene rings is 2. The van der Waals surface area contributed by atoms with E-state index in [-0.39, 0.29) is 11.7 Å². The molecule has 110 valence electrons. The number of aromatic hydroxyl groups is 1. The Bertz CT molecular complexity index is 648. The van der Waals surface area contributed by atoms with Crippen LogP contribution in [-0.2, 0) is 0 Å². The van der Waals surface area contributed by atoms with Crippen LogP contribution in [-0.4, -0.2) is 42.1 Å². The molecule has 0 bridgehead atoms. The third kappa shape index (κ3) is 3.16. The third-order valence-electron chi connectivity index (χ3n) is 4.02. The summed E-state index contributed by atoms with van der Waals surface area (Å²) in [5, 5.41) is 14.8. The summed E-state index contributed by atoms with van der Waals surface area (Å²) in [5.41, 5.74) is 0.343. The van der Waals surface area contributed by atoms with E-state index in [1.165, 1.54) is 12.8 Å². The van der Waals surface area contributed by atoms with Crippen LogP contribution in [0.25, 0.3) is 10.8 Å². The van der Waals surface area contributed by atoms with Crippen LogP contribution in [0.1, 0.15) is 23.2 Å². The maximum Gasteiger partial charge on any atom is 0.255 e. The molecule has 1 fully saturated rings. The normalized spacial score (nSPS) is 15.4. The minimum atomic E-state index is -0.211. The van der Waals surface area contributed by atoms with Crippen molar-refractivity contribution >= 4 is 16.7 Å². The van der Waals surface area contributed by atoms with E-state index in [0.717, 1.165) is 30.4 Å². The molecule has 0 aromatic heterocycles. The summed E-state index contributed by atoms with van der Waals surface area (Å²) in [6.45, 7) is 3.74. The average Bonchev–Trinajstić information content (AvgIpc) is 2.99. The predicted octanol–water partition coefficient (Wildman–Crippen LogP) is 2.37. The van der Waals surface area contributed by atoms with E-state index in [1.807, 2.05) is 24.3 Å². The number of hydrogen-bond acceptors (Lipinski definition) is 3. The van der Waals surface area contributed by atoms with Gasteiger partial charge >= 0.3 is 0 Å². The van der Waals surface area contributed by atoms with Gasteiger partial charge in [-0.25, -0.2) is 0 Å². The van der Waals surface area contributed by atoms with Crippen molar-refractivity contribution in [2.45, 2.75) is 12.8 Å². The summed E-state index contributed by atoms with van der Waals surface area (Å²) in [5.74, 6) is -0.176. The maximum atomic E-state index is 12.2. The molecule has 1 amide bonds. The molecule has 2 aromatic rings. The standard InChI is InChI=1S/C17H20N2O2/c20-16-12-14-6-2-1-5-13(14)11-15(16)17(21)18-7-10-19-8-3-4-9-19/h1-2,5-6,11-12,20H,3-4,7-10H2,(H,18,21). The van der Waals surface area contributed by atoms with Crippen LogP contribution in [0.15, 0.2) is 36.4 Å². The fourth-order valence-corrected chi connectivity index (χ4v) is 2.84. The van der Waals surface area contributed by atoms with Gasteiger partial charge in [-0.3, -0.25) is 4.79 Å². The highest BCUT2D eigenvalue weighted by molar-refractivity contribution is 6.01. The first-order valence-electron chi connectivity index (χ1n) is 7.46. The molecule has 0 spiro atoms. The molecule has 4 heteroatoms. The zero-order valence-corrected chi connectivity index (χ0v) is 12.0. The van der Waals surface area contributed by atoms with Crippen LogP contribution in [0, 0.1) is 0 Å². The molecule has 0 saturated carbocycles. The van der Waals surface area contributed by atoms with Crippen LogP contribution in [0.2, 0.25) is 0 Å². The zero-order valence-electron chi connectivity index (χ0n) is 12.0. The molecule has 1 aliphatic heterocycles. The van der Waals surface area contributed by atoms with Crippen molar-refractivity contribution < 1.29 is 9.90 Å². The first-order chi connectivity index (χ1) is 10.2. The molecule has 21 heavy (non-hydrogen) atoms. The van der Waals surface area contributed by atoms with Crippen molar-refractivity contribution in [3.05, 3.63) is 42.0 Å². The fraction of sp³-hybridized carbons (Fsp3) is 0.353. The Kier molecular flexibility index (Phi) is 4.06. The van der Waals surface area contributed by atoms with Crippen LogP contribution in [0.3, 0.4) is 0 Å². The van der Waals surface area contributed by atoms with Crippen LogP contribution in [0.4, 0.5) is 0 Å². The number of amides is 1. The fourth-order valence-electron chi connectivity index (χ4n) is 2.84. The lowest BCUT2D eigenvalue weighted by Gasteiger charge is -2.15. The number of hydrogen-bond donors (Lipinski definition) is 2. The SMILES string of the molecule is O=C(NCCN1CCCC1)c1cc2ccccc2cc1O. The molecule has 1 saturated heterocycles. The van der Waals surface area contributed by atoms with E-state index >= 15 is 0 Å². The van der Waals surface area contributed by atoms with Gasteiger partial charge in [-0.15, -0.1) is 0 Å². The second-order valence-corrected chi connectivity index (χ2v) is 5.52. The molecule has 0 aliphatic carbocycles. The lowest BCUT2D eigenvalue weighted by atomic mass is 10.1. The lowest BCUT2D eigenvalue weighted by molar-refractivity contribution is 0.0947. The maximum absolute atomic E-state index is 12.2. The van der Waals surface area contributed by atoms with E-state index in [0.29, 0.717) is 12.1 Å². The van der Waals surface area contributed by atoms with Crippen molar-refractivity contribution in [1.29, 1.82) is 0 Å². The second-order valence-electron chi connectivity index (χ2n) is 5.52. The van der Waals surface area contributed by atoms with E-state index in [2.05, 4.69) is 10.2 Å². The number of phenols is 1. The van der Waals surface area contributed by atoms with Crippen molar-refractivity contribution in [2.75, 3.05) is 26.2 Å². The van der Waals surface area contributed by atoms with Crippen LogP contribution < -0.4 is 5.32 Å². The van der Waals surface area contributed by atoms with E-state index in [1.54, 1.807) is 12.1 Å². The Balaban J connectivity index is 1.67.